The van der Waals surface area contributed by atoms with Crippen molar-refractivity contribution in [2.45, 2.75) is 139 Å². The molecule has 21 heteroatoms. The predicted octanol–water partition coefficient (Wildman–Crippen LogP) is 5.23. The SMILES string of the molecule is COC[C@@H]1C[C@H](C)CCCC[C@@H]2C[C@@]2(C(=O)NS(=O)(=O)C2(CF)CC2)NC(=O)[C@@H]2C[C@@H](Oc3nc4cc(OC)ccc4nc3C(C)C)CN2C(=O)[C@H]1NC(=O)OC(C)(C)C(F)(F)F. The molecule has 2 aromatic rings. The number of carbonyl (C=O) groups excluding carboxylic acids is 4. The van der Waals surface area contributed by atoms with Gasteiger partial charge in [-0.2, -0.15) is 13.2 Å². The summed E-state index contributed by atoms with van der Waals surface area (Å²) in [4.78, 5) is 67.8. The zero-order valence-electron chi connectivity index (χ0n) is 36.6. The third-order valence-corrected chi connectivity index (χ3v) is 15.0. The molecule has 2 aliphatic carbocycles. The minimum Gasteiger partial charge on any atom is -0.497 e. The molecule has 6 rings (SSSR count). The summed E-state index contributed by atoms with van der Waals surface area (Å²) < 4.78 is 105. The molecule has 7 atom stereocenters. The molecule has 63 heavy (non-hydrogen) atoms. The Morgan fingerprint density at radius 1 is 1.05 bits per heavy atom. The van der Waals surface area contributed by atoms with Crippen LogP contribution in [0, 0.1) is 17.8 Å². The molecule has 4 fully saturated rings. The molecule has 3 heterocycles. The van der Waals surface area contributed by atoms with Crippen LogP contribution >= 0.6 is 0 Å². The lowest BCUT2D eigenvalue weighted by Gasteiger charge is -2.35. The van der Waals surface area contributed by atoms with Gasteiger partial charge in [-0.15, -0.1) is 0 Å². The van der Waals surface area contributed by atoms with Gasteiger partial charge in [0.25, 0.3) is 5.91 Å². The zero-order chi connectivity index (χ0) is 46.3. The number of ether oxygens (including phenoxy) is 4. The van der Waals surface area contributed by atoms with E-state index in [-0.39, 0.29) is 63.0 Å². The number of alkyl halides is 4. The highest BCUT2D eigenvalue weighted by Gasteiger charge is 2.64. The molecule has 350 valence electrons. The van der Waals surface area contributed by atoms with Gasteiger partial charge in [0, 0.05) is 31.4 Å². The molecular weight excluding hydrogens is 857 g/mol. The fraction of sp³-hybridized carbons (Fsp3) is 0.714. The topological polar surface area (TPSA) is 204 Å². The monoisotopic (exact) mass is 914 g/mol. The number of nitrogens with one attached hydrogen (secondary N) is 3. The van der Waals surface area contributed by atoms with E-state index >= 15 is 4.79 Å². The van der Waals surface area contributed by atoms with E-state index < -0.39 is 92.6 Å². The number of rotatable bonds is 12. The average molecular weight is 915 g/mol. The zero-order valence-corrected chi connectivity index (χ0v) is 37.4. The minimum absolute atomic E-state index is 0.0295. The highest BCUT2D eigenvalue weighted by atomic mass is 32.2. The Labute approximate surface area is 364 Å². The summed E-state index contributed by atoms with van der Waals surface area (Å²) in [5.41, 5.74) is -3.20. The summed E-state index contributed by atoms with van der Waals surface area (Å²) in [6.07, 6.45) is -4.98. The van der Waals surface area contributed by atoms with E-state index in [4.69, 9.17) is 28.9 Å². The summed E-state index contributed by atoms with van der Waals surface area (Å²) in [6, 6.07) is 2.14. The van der Waals surface area contributed by atoms with Crippen molar-refractivity contribution in [1.29, 1.82) is 0 Å². The summed E-state index contributed by atoms with van der Waals surface area (Å²) in [5, 5.41) is 5.16. The number of fused-ring (bicyclic) bond motifs is 3. The molecule has 0 spiro atoms. The Morgan fingerprint density at radius 3 is 2.37 bits per heavy atom. The summed E-state index contributed by atoms with van der Waals surface area (Å²) in [5.74, 6) is -3.73. The highest BCUT2D eigenvalue weighted by molar-refractivity contribution is 7.91. The van der Waals surface area contributed by atoms with Crippen LogP contribution in [0.4, 0.5) is 22.4 Å². The average Bonchev–Trinajstić information content (AvgIpc) is 4.11. The first-order chi connectivity index (χ1) is 29.5. The van der Waals surface area contributed by atoms with E-state index in [9.17, 15) is 40.4 Å². The molecule has 2 saturated heterocycles. The third kappa shape index (κ3) is 10.1. The summed E-state index contributed by atoms with van der Waals surface area (Å²) in [7, 11) is -1.59. The molecule has 4 amide bonds. The second kappa shape index (κ2) is 18.2. The van der Waals surface area contributed by atoms with Crippen LogP contribution in [0.2, 0.25) is 0 Å². The molecule has 1 aromatic carbocycles. The number of hydrogen-bond donors (Lipinski definition) is 3. The molecule has 0 bridgehead atoms. The number of alkyl carbamates (subject to hydrolysis) is 1. The van der Waals surface area contributed by atoms with Gasteiger partial charge in [0.1, 0.15) is 46.6 Å². The number of methoxy groups -OCH3 is 2. The molecular formula is C42H58F4N6O10S. The maximum absolute atomic E-state index is 15.1. The van der Waals surface area contributed by atoms with Crippen LogP contribution in [0.1, 0.15) is 104 Å². The van der Waals surface area contributed by atoms with Gasteiger partial charge in [-0.25, -0.2) is 27.6 Å². The standard InChI is InChI=1S/C42H58F4N6O10S/c1-23(2)32-35(48-30-17-27(60-7)12-13-29(30)47-32)61-28-18-31-34(53)50-41(37(55)51-63(57,58)40(22-43)14-15-40)19-26(41)11-9-8-10-24(3)16-25(21-59-6)33(36(54)52(31)20-28)49-38(56)62-39(4,5)42(44,45)46/h12-13,17,23-26,28,31,33H,8-11,14-16,18-22H2,1-7H3,(H,49,56)(H,50,53)(H,51,55)/t24-,25+,26-,28-,31+,33+,41-/m1/s1. The van der Waals surface area contributed by atoms with Crippen molar-refractivity contribution in [1.82, 2.24) is 30.2 Å². The number of hydrogen-bond acceptors (Lipinski definition) is 12. The Balaban J connectivity index is 1.40. The molecule has 0 radical (unpaired) electrons. The lowest BCUT2D eigenvalue weighted by Crippen LogP contribution is -2.60. The second-order valence-corrected chi connectivity index (χ2v) is 20.5. The quantitative estimate of drug-likeness (QED) is 0.234. The Hall–Kier alpha value is -4.53. The lowest BCUT2D eigenvalue weighted by atomic mass is 9.86. The molecule has 0 unspecified atom stereocenters. The number of amides is 4. The Bertz CT molecular complexity index is 2170. The van der Waals surface area contributed by atoms with Gasteiger partial charge in [0.15, 0.2) is 0 Å². The van der Waals surface area contributed by atoms with E-state index in [0.29, 0.717) is 62.0 Å². The Morgan fingerprint density at radius 2 is 1.75 bits per heavy atom. The van der Waals surface area contributed by atoms with Gasteiger partial charge in [0.05, 0.1) is 31.3 Å². The first kappa shape index (κ1) is 47.9. The van der Waals surface area contributed by atoms with Gasteiger partial charge in [-0.05, 0) is 69.9 Å². The molecule has 3 N–H and O–H groups in total. The van der Waals surface area contributed by atoms with Gasteiger partial charge in [-0.1, -0.05) is 40.0 Å². The van der Waals surface area contributed by atoms with Crippen molar-refractivity contribution in [2.24, 2.45) is 17.8 Å². The summed E-state index contributed by atoms with van der Waals surface area (Å²) >= 11 is 0. The molecule has 4 aliphatic rings. The van der Waals surface area contributed by atoms with Crippen LogP contribution < -0.4 is 24.8 Å². The molecule has 2 aliphatic heterocycles. The van der Waals surface area contributed by atoms with Crippen molar-refractivity contribution in [3.05, 3.63) is 23.9 Å². The third-order valence-electron chi connectivity index (χ3n) is 12.9. The molecule has 1 aromatic heterocycles. The number of aromatic nitrogens is 2. The molecule has 16 nitrogen and oxygen atoms in total. The minimum atomic E-state index is -4.96. The van der Waals surface area contributed by atoms with Crippen LogP contribution in [0.25, 0.3) is 11.0 Å². The second-order valence-electron chi connectivity index (χ2n) is 18.4. The van der Waals surface area contributed by atoms with Crippen molar-refractivity contribution in [3.63, 3.8) is 0 Å². The van der Waals surface area contributed by atoms with Gasteiger partial charge in [-0.3, -0.25) is 19.1 Å². The number of halogens is 4. The van der Waals surface area contributed by atoms with E-state index in [1.807, 2.05) is 20.8 Å². The van der Waals surface area contributed by atoms with Crippen LogP contribution in [-0.2, 0) is 33.9 Å². The highest BCUT2D eigenvalue weighted by Crippen LogP contribution is 2.49. The van der Waals surface area contributed by atoms with Crippen LogP contribution in [-0.4, -0.2) is 121 Å². The van der Waals surface area contributed by atoms with Gasteiger partial charge in [0.2, 0.25) is 33.3 Å². The van der Waals surface area contributed by atoms with Crippen molar-refractivity contribution >= 4 is 44.9 Å². The van der Waals surface area contributed by atoms with Crippen molar-refractivity contribution in [3.8, 4) is 11.6 Å². The number of benzene rings is 1. The van der Waals surface area contributed by atoms with Gasteiger partial charge >= 0.3 is 12.3 Å². The maximum Gasteiger partial charge on any atom is 0.427 e. The normalized spacial score (nSPS) is 27.9. The summed E-state index contributed by atoms with van der Waals surface area (Å²) in [6.45, 7) is 5.43. The maximum atomic E-state index is 15.1. The van der Waals surface area contributed by atoms with Crippen molar-refractivity contribution in [2.75, 3.05) is 34.0 Å². The largest absolute Gasteiger partial charge is 0.497 e. The number of sulfonamides is 1. The first-order valence-electron chi connectivity index (χ1n) is 21.3. The van der Waals surface area contributed by atoms with Crippen LogP contribution in [0.5, 0.6) is 11.6 Å². The van der Waals surface area contributed by atoms with Crippen LogP contribution in [0.15, 0.2) is 18.2 Å². The number of nitrogens with zero attached hydrogens (tertiary/aromatic N) is 3. The van der Waals surface area contributed by atoms with Crippen LogP contribution in [0.3, 0.4) is 0 Å². The van der Waals surface area contributed by atoms with E-state index in [1.54, 1.807) is 18.2 Å². The van der Waals surface area contributed by atoms with E-state index in [1.165, 1.54) is 14.2 Å². The van der Waals surface area contributed by atoms with E-state index in [0.717, 1.165) is 4.90 Å². The fourth-order valence-electron chi connectivity index (χ4n) is 8.60. The number of carbonyl (C=O) groups is 4. The smallest absolute Gasteiger partial charge is 0.427 e. The Kier molecular flexibility index (Phi) is 13.8. The van der Waals surface area contributed by atoms with Crippen molar-refractivity contribution < 1.29 is 64.1 Å². The van der Waals surface area contributed by atoms with Gasteiger partial charge < -0.3 is 34.5 Å². The fourth-order valence-corrected chi connectivity index (χ4v) is 10.0. The lowest BCUT2D eigenvalue weighted by molar-refractivity contribution is -0.244. The molecule has 2 saturated carbocycles. The predicted molar refractivity (Wildman–Crippen MR) is 220 cm³/mol. The first-order valence-corrected chi connectivity index (χ1v) is 22.8. The van der Waals surface area contributed by atoms with E-state index in [2.05, 4.69) is 15.4 Å².